The van der Waals surface area contributed by atoms with Gasteiger partial charge in [0.05, 0.1) is 5.69 Å². The molecule has 126 valence electrons. The average Bonchev–Trinajstić information content (AvgIpc) is 3.35. The number of amides is 1. The fourth-order valence-electron chi connectivity index (χ4n) is 3.66. The third-order valence-electron chi connectivity index (χ3n) is 4.94. The van der Waals surface area contributed by atoms with Crippen LogP contribution in [0.25, 0.3) is 16.5 Å². The second-order valence-corrected chi connectivity index (χ2v) is 6.45. The van der Waals surface area contributed by atoms with Gasteiger partial charge in [-0.1, -0.05) is 24.3 Å². The van der Waals surface area contributed by atoms with E-state index in [1.807, 2.05) is 18.2 Å². The third kappa shape index (κ3) is 2.37. The molecule has 1 heterocycles. The van der Waals surface area contributed by atoms with Crippen LogP contribution < -0.4 is 5.32 Å². The highest BCUT2D eigenvalue weighted by molar-refractivity contribution is 6.10. The molecule has 1 amide bonds. The lowest BCUT2D eigenvalue weighted by Crippen LogP contribution is -2.12. The van der Waals surface area contributed by atoms with E-state index in [9.17, 15) is 4.79 Å². The Morgan fingerprint density at radius 3 is 2.54 bits per heavy atom. The van der Waals surface area contributed by atoms with E-state index in [0.29, 0.717) is 5.56 Å². The summed E-state index contributed by atoms with van der Waals surface area (Å²) in [5.74, 6) is -0.117. The smallest absolute Gasteiger partial charge is 0.255 e. The van der Waals surface area contributed by atoms with Crippen LogP contribution in [0.3, 0.4) is 0 Å². The standard InChI is InChI=1S/C21H16N4O/c26-21(16-6-9-17(10-7-16)25-13-22-12-23-25)24-19-11-8-15-5-4-14-2-1-3-18(19)20(14)15/h1-3,6-13H,4-5H2,(H,24,26). The van der Waals surface area contributed by atoms with Gasteiger partial charge in [-0.3, -0.25) is 4.79 Å². The van der Waals surface area contributed by atoms with Gasteiger partial charge in [-0.2, -0.15) is 5.10 Å². The summed E-state index contributed by atoms with van der Waals surface area (Å²) in [6.07, 6.45) is 5.26. The fourth-order valence-corrected chi connectivity index (χ4v) is 3.66. The van der Waals surface area contributed by atoms with E-state index in [4.69, 9.17) is 0 Å². The molecule has 5 heteroatoms. The van der Waals surface area contributed by atoms with E-state index in [1.54, 1.807) is 23.1 Å². The normalized spacial score (nSPS) is 12.5. The molecule has 0 aliphatic heterocycles. The summed E-state index contributed by atoms with van der Waals surface area (Å²) in [6, 6.07) is 17.8. The molecule has 4 aromatic rings. The maximum Gasteiger partial charge on any atom is 0.255 e. The van der Waals surface area contributed by atoms with Crippen LogP contribution in [-0.2, 0) is 12.8 Å². The lowest BCUT2D eigenvalue weighted by atomic mass is 10.0. The number of rotatable bonds is 3. The molecule has 1 aromatic heterocycles. The molecule has 3 aromatic carbocycles. The monoisotopic (exact) mass is 340 g/mol. The number of hydrogen-bond donors (Lipinski definition) is 1. The van der Waals surface area contributed by atoms with Gasteiger partial charge in [-0.05, 0) is 59.7 Å². The van der Waals surface area contributed by atoms with Gasteiger partial charge in [0.1, 0.15) is 12.7 Å². The molecule has 26 heavy (non-hydrogen) atoms. The van der Waals surface area contributed by atoms with E-state index < -0.39 is 0 Å². The molecule has 0 unspecified atom stereocenters. The maximum atomic E-state index is 12.7. The highest BCUT2D eigenvalue weighted by atomic mass is 16.1. The van der Waals surface area contributed by atoms with Gasteiger partial charge < -0.3 is 5.32 Å². The molecule has 1 N–H and O–H groups in total. The fraction of sp³-hybridized carbons (Fsp3) is 0.0952. The number of aromatic nitrogens is 3. The quantitative estimate of drug-likeness (QED) is 0.617. The SMILES string of the molecule is O=C(Nc1ccc2c3c(cccc13)CC2)c1ccc(-n2cncn2)cc1. The summed E-state index contributed by atoms with van der Waals surface area (Å²) < 4.78 is 1.66. The van der Waals surface area contributed by atoms with Crippen LogP contribution >= 0.6 is 0 Å². The van der Waals surface area contributed by atoms with Gasteiger partial charge in [-0.25, -0.2) is 9.67 Å². The van der Waals surface area contributed by atoms with E-state index in [0.717, 1.165) is 29.6 Å². The van der Waals surface area contributed by atoms with E-state index in [-0.39, 0.29) is 5.91 Å². The molecule has 0 saturated carbocycles. The van der Waals surface area contributed by atoms with Crippen LogP contribution in [0.1, 0.15) is 21.5 Å². The van der Waals surface area contributed by atoms with Gasteiger partial charge in [0.15, 0.2) is 0 Å². The van der Waals surface area contributed by atoms with Crippen molar-refractivity contribution < 1.29 is 4.79 Å². The second kappa shape index (κ2) is 5.81. The number of anilines is 1. The summed E-state index contributed by atoms with van der Waals surface area (Å²) in [5.41, 5.74) is 5.07. The summed E-state index contributed by atoms with van der Waals surface area (Å²) >= 11 is 0. The van der Waals surface area contributed by atoms with Crippen LogP contribution in [-0.4, -0.2) is 20.7 Å². The first-order valence-electron chi connectivity index (χ1n) is 8.59. The van der Waals surface area contributed by atoms with E-state index >= 15 is 0 Å². The van der Waals surface area contributed by atoms with Gasteiger partial charge in [0, 0.05) is 16.6 Å². The lowest BCUT2D eigenvalue weighted by Gasteiger charge is -2.11. The Morgan fingerprint density at radius 1 is 0.962 bits per heavy atom. The predicted octanol–water partition coefficient (Wildman–Crippen LogP) is 3.77. The predicted molar refractivity (Wildman–Crippen MR) is 101 cm³/mol. The summed E-state index contributed by atoms with van der Waals surface area (Å²) in [6.45, 7) is 0. The number of hydrogen-bond acceptors (Lipinski definition) is 3. The lowest BCUT2D eigenvalue weighted by molar-refractivity contribution is 0.102. The number of aryl methyl sites for hydroxylation is 2. The van der Waals surface area contributed by atoms with Crippen LogP contribution in [0.15, 0.2) is 67.3 Å². The number of nitrogens with zero attached hydrogens (tertiary/aromatic N) is 3. The first kappa shape index (κ1) is 14.8. The average molecular weight is 340 g/mol. The molecule has 0 atom stereocenters. The van der Waals surface area contributed by atoms with Crippen molar-refractivity contribution in [1.82, 2.24) is 14.8 Å². The van der Waals surface area contributed by atoms with Crippen LogP contribution in [0, 0.1) is 0 Å². The van der Waals surface area contributed by atoms with E-state index in [1.165, 1.54) is 22.8 Å². The summed E-state index contributed by atoms with van der Waals surface area (Å²) in [4.78, 5) is 16.6. The number of carbonyl (C=O) groups is 1. The first-order valence-corrected chi connectivity index (χ1v) is 8.59. The molecule has 0 saturated heterocycles. The highest BCUT2D eigenvalue weighted by Gasteiger charge is 2.17. The van der Waals surface area contributed by atoms with E-state index in [2.05, 4.69) is 39.7 Å². The topological polar surface area (TPSA) is 59.8 Å². The summed E-state index contributed by atoms with van der Waals surface area (Å²) in [7, 11) is 0. The van der Waals surface area contributed by atoms with Gasteiger partial charge in [0.2, 0.25) is 0 Å². The van der Waals surface area contributed by atoms with Gasteiger partial charge in [0.25, 0.3) is 5.91 Å². The molecule has 5 nitrogen and oxygen atoms in total. The molecule has 5 rings (SSSR count). The number of carbonyl (C=O) groups excluding carboxylic acids is 1. The van der Waals surface area contributed by atoms with Crippen molar-refractivity contribution in [3.63, 3.8) is 0 Å². The zero-order chi connectivity index (χ0) is 17.5. The zero-order valence-electron chi connectivity index (χ0n) is 14.0. The highest BCUT2D eigenvalue weighted by Crippen LogP contribution is 2.35. The minimum atomic E-state index is -0.117. The van der Waals surface area contributed by atoms with Crippen LogP contribution in [0.4, 0.5) is 5.69 Å². The third-order valence-corrected chi connectivity index (χ3v) is 4.94. The van der Waals surface area contributed by atoms with Crippen LogP contribution in [0.5, 0.6) is 0 Å². The Hall–Kier alpha value is -3.47. The van der Waals surface area contributed by atoms with Crippen molar-refractivity contribution in [2.45, 2.75) is 12.8 Å². The van der Waals surface area contributed by atoms with Crippen LogP contribution in [0.2, 0.25) is 0 Å². The molecule has 0 spiro atoms. The molecule has 1 aliphatic carbocycles. The molecule has 0 radical (unpaired) electrons. The number of benzene rings is 3. The Bertz CT molecular complexity index is 1100. The number of nitrogens with one attached hydrogen (secondary N) is 1. The minimum Gasteiger partial charge on any atom is -0.321 e. The minimum absolute atomic E-state index is 0.117. The van der Waals surface area contributed by atoms with Crippen molar-refractivity contribution in [1.29, 1.82) is 0 Å². The maximum absolute atomic E-state index is 12.7. The molecule has 0 fully saturated rings. The van der Waals surface area contributed by atoms with Gasteiger partial charge >= 0.3 is 0 Å². The molecule has 0 bridgehead atoms. The Kier molecular flexibility index (Phi) is 3.31. The Balaban J connectivity index is 1.45. The van der Waals surface area contributed by atoms with Crippen molar-refractivity contribution in [2.75, 3.05) is 5.32 Å². The Morgan fingerprint density at radius 2 is 1.77 bits per heavy atom. The Labute approximate surface area is 150 Å². The van der Waals surface area contributed by atoms with Crippen molar-refractivity contribution in [2.24, 2.45) is 0 Å². The summed E-state index contributed by atoms with van der Waals surface area (Å²) in [5, 5.41) is 9.57. The van der Waals surface area contributed by atoms with Crippen molar-refractivity contribution >= 4 is 22.4 Å². The largest absolute Gasteiger partial charge is 0.321 e. The first-order chi connectivity index (χ1) is 12.8. The molecular weight excluding hydrogens is 324 g/mol. The molecule has 1 aliphatic rings. The second-order valence-electron chi connectivity index (χ2n) is 6.45. The van der Waals surface area contributed by atoms with Gasteiger partial charge in [-0.15, -0.1) is 0 Å². The zero-order valence-corrected chi connectivity index (χ0v) is 14.0. The van der Waals surface area contributed by atoms with Crippen molar-refractivity contribution in [3.05, 3.63) is 83.9 Å². The van der Waals surface area contributed by atoms with Crippen molar-refractivity contribution in [3.8, 4) is 5.69 Å². The molecular formula is C21H16N4O.